The van der Waals surface area contributed by atoms with E-state index in [1.54, 1.807) is 13.0 Å². The van der Waals surface area contributed by atoms with E-state index in [2.05, 4.69) is 11.1 Å². The number of ether oxygens (including phenoxy) is 2. The van der Waals surface area contributed by atoms with Crippen molar-refractivity contribution in [3.05, 3.63) is 12.7 Å². The van der Waals surface area contributed by atoms with Crippen LogP contribution in [0.5, 0.6) is 0 Å². The second-order valence-electron chi connectivity index (χ2n) is 2.41. The molecule has 0 aliphatic carbocycles. The SMILES string of the molecule is C=CCOCC(COCC)OP(F)F. The number of hydrogen-bond donors (Lipinski definition) is 0. The van der Waals surface area contributed by atoms with E-state index in [1.165, 1.54) is 0 Å². The minimum Gasteiger partial charge on any atom is -0.379 e. The summed E-state index contributed by atoms with van der Waals surface area (Å²) in [6.45, 7) is 6.24. The molecule has 0 radical (unpaired) electrons. The van der Waals surface area contributed by atoms with Crippen LogP contribution in [-0.4, -0.2) is 32.5 Å². The third kappa shape index (κ3) is 8.51. The molecule has 0 aliphatic rings. The lowest BCUT2D eigenvalue weighted by atomic mass is 10.4. The Morgan fingerprint density at radius 2 is 2.00 bits per heavy atom. The van der Waals surface area contributed by atoms with Crippen molar-refractivity contribution in [2.75, 3.05) is 26.4 Å². The van der Waals surface area contributed by atoms with Crippen molar-refractivity contribution in [1.29, 1.82) is 0 Å². The predicted octanol–water partition coefficient (Wildman–Crippen LogP) is 2.78. The van der Waals surface area contributed by atoms with E-state index in [0.717, 1.165) is 0 Å². The van der Waals surface area contributed by atoms with Gasteiger partial charge in [-0.25, -0.2) is 0 Å². The van der Waals surface area contributed by atoms with Gasteiger partial charge in [-0.1, -0.05) is 6.08 Å². The van der Waals surface area contributed by atoms with Crippen LogP contribution >= 0.6 is 8.77 Å². The van der Waals surface area contributed by atoms with Gasteiger partial charge in [0.05, 0.1) is 19.8 Å². The van der Waals surface area contributed by atoms with E-state index in [-0.39, 0.29) is 13.2 Å². The van der Waals surface area contributed by atoms with E-state index in [9.17, 15) is 8.39 Å². The molecule has 1 unspecified atom stereocenters. The van der Waals surface area contributed by atoms with Crippen molar-refractivity contribution in [1.82, 2.24) is 0 Å². The molecule has 0 saturated carbocycles. The summed E-state index contributed by atoms with van der Waals surface area (Å²) in [5.41, 5.74) is 0. The molecule has 84 valence electrons. The highest BCUT2D eigenvalue weighted by Crippen LogP contribution is 2.41. The third-order valence-electron chi connectivity index (χ3n) is 1.28. The Labute approximate surface area is 84.1 Å². The third-order valence-corrected chi connectivity index (χ3v) is 1.73. The first kappa shape index (κ1) is 13.9. The average Bonchev–Trinajstić information content (AvgIpc) is 2.13. The summed E-state index contributed by atoms with van der Waals surface area (Å²) in [5, 5.41) is 0. The van der Waals surface area contributed by atoms with Gasteiger partial charge in [-0.2, -0.15) is 8.39 Å². The molecule has 0 heterocycles. The maximum absolute atomic E-state index is 11.9. The standard InChI is InChI=1S/C8H15F2O3P/c1-3-5-12-7-8(6-11-4-2)13-14(9)10/h3,8H,1,4-7H2,2H3. The molecule has 0 aromatic heterocycles. The van der Waals surface area contributed by atoms with Gasteiger partial charge in [-0.15, -0.1) is 6.58 Å². The summed E-state index contributed by atoms with van der Waals surface area (Å²) in [5.74, 6) is 0. The van der Waals surface area contributed by atoms with Gasteiger partial charge in [0.25, 0.3) is 0 Å². The Kier molecular flexibility index (Phi) is 9.40. The van der Waals surface area contributed by atoms with Gasteiger partial charge >= 0.3 is 8.77 Å². The van der Waals surface area contributed by atoms with Gasteiger partial charge in [-0.05, 0) is 6.92 Å². The number of hydrogen-bond acceptors (Lipinski definition) is 3. The zero-order chi connectivity index (χ0) is 10.8. The van der Waals surface area contributed by atoms with Crippen LogP contribution in [0.1, 0.15) is 6.92 Å². The van der Waals surface area contributed by atoms with Crippen LogP contribution in [0, 0.1) is 0 Å². The summed E-state index contributed by atoms with van der Waals surface area (Å²) in [7, 11) is -3.36. The molecule has 0 rings (SSSR count). The molecule has 0 aromatic carbocycles. The average molecular weight is 228 g/mol. The Morgan fingerprint density at radius 1 is 1.36 bits per heavy atom. The maximum Gasteiger partial charge on any atom is 0.415 e. The fourth-order valence-electron chi connectivity index (χ4n) is 0.754. The molecule has 0 saturated heterocycles. The van der Waals surface area contributed by atoms with Gasteiger partial charge in [0.1, 0.15) is 6.10 Å². The highest BCUT2D eigenvalue weighted by Gasteiger charge is 2.16. The van der Waals surface area contributed by atoms with E-state index < -0.39 is 14.9 Å². The minimum absolute atomic E-state index is 0.0959. The van der Waals surface area contributed by atoms with Crippen molar-refractivity contribution < 1.29 is 22.4 Å². The van der Waals surface area contributed by atoms with Gasteiger partial charge in [0.15, 0.2) is 0 Å². The highest BCUT2D eigenvalue weighted by atomic mass is 31.2. The summed E-state index contributed by atoms with van der Waals surface area (Å²) in [6.07, 6.45) is 0.849. The second kappa shape index (κ2) is 9.46. The van der Waals surface area contributed by atoms with Crippen LogP contribution in [0.3, 0.4) is 0 Å². The molecule has 0 N–H and O–H groups in total. The normalized spacial score (nSPS) is 13.1. The molecule has 0 fully saturated rings. The molecule has 0 aromatic rings. The lowest BCUT2D eigenvalue weighted by Gasteiger charge is -2.15. The Hall–Kier alpha value is -0.0900. The van der Waals surface area contributed by atoms with Crippen molar-refractivity contribution >= 4 is 8.77 Å². The molecule has 1 atom stereocenters. The van der Waals surface area contributed by atoms with Gasteiger partial charge in [-0.3, -0.25) is 4.52 Å². The Balaban J connectivity index is 3.65. The molecule has 0 aliphatic heterocycles. The van der Waals surface area contributed by atoms with Crippen LogP contribution in [-0.2, 0) is 14.0 Å². The van der Waals surface area contributed by atoms with Crippen molar-refractivity contribution in [3.8, 4) is 0 Å². The molecular weight excluding hydrogens is 213 g/mol. The summed E-state index contributed by atoms with van der Waals surface area (Å²) < 4.78 is 38.2. The fourth-order valence-corrected chi connectivity index (χ4v) is 1.10. The Morgan fingerprint density at radius 3 is 2.50 bits per heavy atom. The fraction of sp³-hybridized carbons (Fsp3) is 0.750. The molecule has 0 bridgehead atoms. The molecule has 0 amide bonds. The molecule has 0 spiro atoms. The lowest BCUT2D eigenvalue weighted by molar-refractivity contribution is 0.00311. The van der Waals surface area contributed by atoms with Gasteiger partial charge in [0, 0.05) is 6.61 Å². The molecule has 3 nitrogen and oxygen atoms in total. The smallest absolute Gasteiger partial charge is 0.379 e. The summed E-state index contributed by atoms with van der Waals surface area (Å²) >= 11 is 0. The van der Waals surface area contributed by atoms with Crippen LogP contribution < -0.4 is 0 Å². The zero-order valence-corrected chi connectivity index (χ0v) is 9.01. The number of halogens is 2. The predicted molar refractivity (Wildman–Crippen MR) is 51.5 cm³/mol. The first-order valence-corrected chi connectivity index (χ1v) is 5.29. The first-order chi connectivity index (χ1) is 6.70. The molecule has 6 heteroatoms. The molecular formula is C8H15F2O3P. The summed E-state index contributed by atoms with van der Waals surface area (Å²) in [6, 6.07) is 0. The first-order valence-electron chi connectivity index (χ1n) is 4.25. The minimum atomic E-state index is -3.36. The van der Waals surface area contributed by atoms with Crippen LogP contribution in [0.4, 0.5) is 8.39 Å². The second-order valence-corrected chi connectivity index (χ2v) is 3.03. The quantitative estimate of drug-likeness (QED) is 0.345. The summed E-state index contributed by atoms with van der Waals surface area (Å²) in [4.78, 5) is 0. The maximum atomic E-state index is 11.9. The van der Waals surface area contributed by atoms with Crippen LogP contribution in [0.25, 0.3) is 0 Å². The largest absolute Gasteiger partial charge is 0.415 e. The number of rotatable bonds is 9. The van der Waals surface area contributed by atoms with E-state index in [4.69, 9.17) is 9.47 Å². The highest BCUT2D eigenvalue weighted by molar-refractivity contribution is 7.40. The van der Waals surface area contributed by atoms with Crippen LogP contribution in [0.2, 0.25) is 0 Å². The topological polar surface area (TPSA) is 27.7 Å². The Bertz CT molecular complexity index is 147. The van der Waals surface area contributed by atoms with E-state index in [0.29, 0.717) is 13.2 Å². The van der Waals surface area contributed by atoms with Gasteiger partial charge < -0.3 is 9.47 Å². The monoisotopic (exact) mass is 228 g/mol. The van der Waals surface area contributed by atoms with E-state index >= 15 is 0 Å². The van der Waals surface area contributed by atoms with Crippen LogP contribution in [0.15, 0.2) is 12.7 Å². The van der Waals surface area contributed by atoms with Crippen molar-refractivity contribution in [2.45, 2.75) is 13.0 Å². The van der Waals surface area contributed by atoms with Crippen molar-refractivity contribution in [3.63, 3.8) is 0 Å². The zero-order valence-electron chi connectivity index (χ0n) is 8.12. The van der Waals surface area contributed by atoms with Gasteiger partial charge in [0.2, 0.25) is 0 Å². The van der Waals surface area contributed by atoms with Crippen molar-refractivity contribution in [2.24, 2.45) is 0 Å². The lowest BCUT2D eigenvalue weighted by Crippen LogP contribution is -2.23. The van der Waals surface area contributed by atoms with E-state index in [1.807, 2.05) is 0 Å². The molecule has 14 heavy (non-hydrogen) atoms.